The third-order valence-electron chi connectivity index (χ3n) is 3.47. The van der Waals surface area contributed by atoms with Gasteiger partial charge in [0.1, 0.15) is 5.82 Å². The molecule has 0 spiro atoms. The average molecular weight is 279 g/mol. The largest absolute Gasteiger partial charge is 0.399 e. The summed E-state index contributed by atoms with van der Waals surface area (Å²) >= 11 is 0. The highest BCUT2D eigenvalue weighted by molar-refractivity contribution is 5.77. The smallest absolute Gasteiger partial charge is 0.265 e. The van der Waals surface area contributed by atoms with Crippen molar-refractivity contribution in [1.82, 2.24) is 9.55 Å². The van der Waals surface area contributed by atoms with Crippen molar-refractivity contribution in [2.75, 3.05) is 5.73 Å². The molecule has 0 aliphatic rings. The van der Waals surface area contributed by atoms with Crippen LogP contribution in [0.2, 0.25) is 0 Å². The maximum absolute atomic E-state index is 12.8. The van der Waals surface area contributed by atoms with Crippen LogP contribution >= 0.6 is 0 Å². The lowest BCUT2D eigenvalue weighted by Gasteiger charge is -2.13. The van der Waals surface area contributed by atoms with Gasteiger partial charge in [-0.3, -0.25) is 9.36 Å². The summed E-state index contributed by atoms with van der Waals surface area (Å²) in [5.74, 6) is 0.783. The van der Waals surface area contributed by atoms with E-state index < -0.39 is 0 Å². The fourth-order valence-electron chi connectivity index (χ4n) is 2.46. The number of aryl methyl sites for hydroxylation is 1. The van der Waals surface area contributed by atoms with Gasteiger partial charge in [-0.05, 0) is 42.8 Å². The number of nitrogens with two attached hydrogens (primary N) is 1. The van der Waals surface area contributed by atoms with Gasteiger partial charge in [0.15, 0.2) is 0 Å². The Balaban J connectivity index is 2.33. The minimum absolute atomic E-state index is 0.0335. The predicted molar refractivity (Wildman–Crippen MR) is 85.7 cm³/mol. The molecule has 1 heterocycles. The number of aromatic nitrogens is 2. The van der Waals surface area contributed by atoms with Gasteiger partial charge >= 0.3 is 0 Å². The lowest BCUT2D eigenvalue weighted by atomic mass is 10.2. The molecule has 0 radical (unpaired) electrons. The van der Waals surface area contributed by atoms with Gasteiger partial charge in [-0.1, -0.05) is 19.1 Å². The van der Waals surface area contributed by atoms with E-state index >= 15 is 0 Å². The Morgan fingerprint density at radius 2 is 1.81 bits per heavy atom. The van der Waals surface area contributed by atoms with Crippen LogP contribution in [0.15, 0.2) is 53.3 Å². The molecule has 2 N–H and O–H groups in total. The van der Waals surface area contributed by atoms with Crippen LogP contribution in [0, 0.1) is 0 Å². The number of para-hydroxylation sites is 1. The first kappa shape index (κ1) is 13.4. The maximum atomic E-state index is 12.8. The minimum atomic E-state index is -0.0335. The van der Waals surface area contributed by atoms with Crippen LogP contribution in [0.25, 0.3) is 16.6 Å². The van der Waals surface area contributed by atoms with E-state index in [1.165, 1.54) is 0 Å². The summed E-state index contributed by atoms with van der Waals surface area (Å²) in [6, 6.07) is 14.8. The second kappa shape index (κ2) is 5.40. The Morgan fingerprint density at radius 3 is 2.52 bits per heavy atom. The molecule has 0 aliphatic carbocycles. The third kappa shape index (κ3) is 2.40. The molecular weight excluding hydrogens is 262 g/mol. The number of hydrogen-bond donors (Lipinski definition) is 1. The molecule has 106 valence electrons. The molecule has 0 saturated carbocycles. The van der Waals surface area contributed by atoms with Crippen molar-refractivity contribution >= 4 is 16.6 Å². The van der Waals surface area contributed by atoms with Gasteiger partial charge in [-0.2, -0.15) is 0 Å². The van der Waals surface area contributed by atoms with Crippen molar-refractivity contribution in [2.45, 2.75) is 19.8 Å². The number of hydrogen-bond acceptors (Lipinski definition) is 3. The van der Waals surface area contributed by atoms with Gasteiger partial charge in [-0.25, -0.2) is 4.98 Å². The second-order valence-corrected chi connectivity index (χ2v) is 5.03. The van der Waals surface area contributed by atoms with Crippen molar-refractivity contribution in [2.24, 2.45) is 0 Å². The number of nitrogens with zero attached hydrogens (tertiary/aromatic N) is 2. The van der Waals surface area contributed by atoms with Crippen molar-refractivity contribution < 1.29 is 0 Å². The molecule has 0 fully saturated rings. The standard InChI is InChI=1S/C17H17N3O/c1-2-5-16-19-15-7-4-3-6-14(15)17(21)20(16)13-10-8-12(18)9-11-13/h3-4,6-11H,2,5,18H2,1H3. The summed E-state index contributed by atoms with van der Waals surface area (Å²) in [5.41, 5.74) is 7.92. The quantitative estimate of drug-likeness (QED) is 0.750. The van der Waals surface area contributed by atoms with E-state index in [4.69, 9.17) is 5.73 Å². The molecule has 2 aromatic carbocycles. The fourth-order valence-corrected chi connectivity index (χ4v) is 2.46. The van der Waals surface area contributed by atoms with Gasteiger partial charge in [0.05, 0.1) is 16.6 Å². The van der Waals surface area contributed by atoms with Crippen LogP contribution in [0.4, 0.5) is 5.69 Å². The minimum Gasteiger partial charge on any atom is -0.399 e. The first-order valence-corrected chi connectivity index (χ1v) is 7.07. The molecule has 0 atom stereocenters. The lowest BCUT2D eigenvalue weighted by molar-refractivity contribution is 0.774. The Hall–Kier alpha value is -2.62. The van der Waals surface area contributed by atoms with Crippen LogP contribution in [0.1, 0.15) is 19.2 Å². The third-order valence-corrected chi connectivity index (χ3v) is 3.47. The Bertz CT molecular complexity index is 835. The summed E-state index contributed by atoms with van der Waals surface area (Å²) in [7, 11) is 0. The molecule has 0 bridgehead atoms. The van der Waals surface area contributed by atoms with Crippen LogP contribution in [-0.2, 0) is 6.42 Å². The number of fused-ring (bicyclic) bond motifs is 1. The summed E-state index contributed by atoms with van der Waals surface area (Å²) in [6.07, 6.45) is 1.68. The van der Waals surface area contributed by atoms with E-state index in [2.05, 4.69) is 11.9 Å². The van der Waals surface area contributed by atoms with E-state index in [0.717, 1.165) is 29.9 Å². The first-order chi connectivity index (χ1) is 10.2. The molecule has 4 heteroatoms. The van der Waals surface area contributed by atoms with Gasteiger partial charge < -0.3 is 5.73 Å². The van der Waals surface area contributed by atoms with E-state index in [1.54, 1.807) is 16.7 Å². The number of nitrogen functional groups attached to an aromatic ring is 1. The maximum Gasteiger partial charge on any atom is 0.265 e. The number of benzene rings is 2. The topological polar surface area (TPSA) is 60.9 Å². The van der Waals surface area contributed by atoms with E-state index in [-0.39, 0.29) is 5.56 Å². The molecular formula is C17H17N3O. The van der Waals surface area contributed by atoms with Crippen molar-refractivity contribution in [3.8, 4) is 5.69 Å². The van der Waals surface area contributed by atoms with Crippen LogP contribution in [0.3, 0.4) is 0 Å². The van der Waals surface area contributed by atoms with Crippen LogP contribution < -0.4 is 11.3 Å². The summed E-state index contributed by atoms with van der Waals surface area (Å²) in [4.78, 5) is 17.5. The molecule has 0 amide bonds. The summed E-state index contributed by atoms with van der Waals surface area (Å²) < 4.78 is 1.69. The highest BCUT2D eigenvalue weighted by Gasteiger charge is 2.11. The molecule has 3 aromatic rings. The summed E-state index contributed by atoms with van der Waals surface area (Å²) in [6.45, 7) is 2.08. The Labute approximate surface area is 122 Å². The van der Waals surface area contributed by atoms with Crippen molar-refractivity contribution in [1.29, 1.82) is 0 Å². The van der Waals surface area contributed by atoms with Crippen molar-refractivity contribution in [3.05, 3.63) is 64.7 Å². The highest BCUT2D eigenvalue weighted by atomic mass is 16.1. The predicted octanol–water partition coefficient (Wildman–Crippen LogP) is 2.92. The Morgan fingerprint density at radius 1 is 1.10 bits per heavy atom. The zero-order chi connectivity index (χ0) is 14.8. The summed E-state index contributed by atoms with van der Waals surface area (Å²) in [5, 5.41) is 0.633. The highest BCUT2D eigenvalue weighted by Crippen LogP contribution is 2.15. The average Bonchev–Trinajstić information content (AvgIpc) is 2.49. The monoisotopic (exact) mass is 279 g/mol. The number of anilines is 1. The van der Waals surface area contributed by atoms with Gasteiger partial charge in [0, 0.05) is 12.1 Å². The van der Waals surface area contributed by atoms with Gasteiger partial charge in [-0.15, -0.1) is 0 Å². The molecule has 0 saturated heterocycles. The van der Waals surface area contributed by atoms with E-state index in [9.17, 15) is 4.79 Å². The van der Waals surface area contributed by atoms with Gasteiger partial charge in [0.2, 0.25) is 0 Å². The molecule has 3 rings (SSSR count). The first-order valence-electron chi connectivity index (χ1n) is 7.07. The van der Waals surface area contributed by atoms with Gasteiger partial charge in [0.25, 0.3) is 5.56 Å². The fraction of sp³-hybridized carbons (Fsp3) is 0.176. The van der Waals surface area contributed by atoms with Crippen LogP contribution in [0.5, 0.6) is 0 Å². The molecule has 0 aliphatic heterocycles. The molecule has 21 heavy (non-hydrogen) atoms. The van der Waals surface area contributed by atoms with E-state index in [1.807, 2.05) is 36.4 Å². The Kier molecular flexibility index (Phi) is 3.44. The number of rotatable bonds is 3. The molecule has 0 unspecified atom stereocenters. The zero-order valence-corrected chi connectivity index (χ0v) is 11.9. The zero-order valence-electron chi connectivity index (χ0n) is 11.9. The normalized spacial score (nSPS) is 10.9. The lowest BCUT2D eigenvalue weighted by Crippen LogP contribution is -2.23. The van der Waals surface area contributed by atoms with E-state index in [0.29, 0.717) is 11.1 Å². The SMILES string of the molecule is CCCc1nc2ccccc2c(=O)n1-c1ccc(N)cc1. The molecule has 1 aromatic heterocycles. The van der Waals surface area contributed by atoms with Crippen molar-refractivity contribution in [3.63, 3.8) is 0 Å². The second-order valence-electron chi connectivity index (χ2n) is 5.03. The van der Waals surface area contributed by atoms with Crippen LogP contribution in [-0.4, -0.2) is 9.55 Å². The molecule has 4 nitrogen and oxygen atoms in total.